The molecule has 2 nitrogen and oxygen atoms in total. The average Bonchev–Trinajstić information content (AvgIpc) is 2.30. The van der Waals surface area contributed by atoms with E-state index in [0.717, 1.165) is 19.0 Å². The van der Waals surface area contributed by atoms with Gasteiger partial charge in [0.2, 0.25) is 0 Å². The maximum Gasteiger partial charge on any atom is 0.146 e. The predicted molar refractivity (Wildman–Crippen MR) is 69.6 cm³/mol. The van der Waals surface area contributed by atoms with Gasteiger partial charge in [-0.25, -0.2) is 8.78 Å². The van der Waals surface area contributed by atoms with Crippen molar-refractivity contribution in [1.29, 1.82) is 0 Å². The highest BCUT2D eigenvalue weighted by atomic mass is 19.1. The van der Waals surface area contributed by atoms with Crippen molar-refractivity contribution >= 4 is 5.69 Å². The van der Waals surface area contributed by atoms with Gasteiger partial charge in [0.25, 0.3) is 0 Å². The van der Waals surface area contributed by atoms with Crippen molar-refractivity contribution in [1.82, 2.24) is 4.90 Å². The number of benzene rings is 1. The van der Waals surface area contributed by atoms with Gasteiger partial charge in [-0.3, -0.25) is 0 Å². The van der Waals surface area contributed by atoms with E-state index in [1.165, 1.54) is 12.1 Å². The van der Waals surface area contributed by atoms with Crippen molar-refractivity contribution < 1.29 is 8.78 Å². The zero-order valence-electron chi connectivity index (χ0n) is 11.1. The monoisotopic (exact) mass is 254 g/mol. The van der Waals surface area contributed by atoms with Crippen LogP contribution in [0.1, 0.15) is 20.3 Å². The normalized spacial score (nSPS) is 29.3. The summed E-state index contributed by atoms with van der Waals surface area (Å²) < 4.78 is 26.7. The van der Waals surface area contributed by atoms with Crippen LogP contribution in [0.3, 0.4) is 0 Å². The molecule has 1 aliphatic heterocycles. The van der Waals surface area contributed by atoms with Gasteiger partial charge in [-0.2, -0.15) is 0 Å². The summed E-state index contributed by atoms with van der Waals surface area (Å²) in [6.07, 6.45) is 0.938. The minimum absolute atomic E-state index is 0.187. The molecule has 1 aromatic carbocycles. The molecular weight excluding hydrogens is 234 g/mol. The summed E-state index contributed by atoms with van der Waals surface area (Å²) in [5, 5.41) is 3.15. The summed E-state index contributed by atoms with van der Waals surface area (Å²) in [7, 11) is 2.10. The maximum absolute atomic E-state index is 13.6. The Kier molecular flexibility index (Phi) is 3.85. The molecule has 1 aliphatic rings. The molecule has 0 amide bonds. The van der Waals surface area contributed by atoms with Crippen LogP contribution in [-0.4, -0.2) is 30.6 Å². The number of nitrogens with one attached hydrogen (secondary N) is 1. The molecule has 2 rings (SSSR count). The summed E-state index contributed by atoms with van der Waals surface area (Å²) in [5.41, 5.74) is 0.267. The Morgan fingerprint density at radius 3 is 2.72 bits per heavy atom. The van der Waals surface area contributed by atoms with Crippen molar-refractivity contribution in [2.24, 2.45) is 5.92 Å². The molecule has 0 saturated carbocycles. The Bertz CT molecular complexity index is 422. The lowest BCUT2D eigenvalue weighted by atomic mass is 9.89. The summed E-state index contributed by atoms with van der Waals surface area (Å²) in [5.74, 6) is -0.392. The van der Waals surface area contributed by atoms with Gasteiger partial charge in [-0.15, -0.1) is 0 Å². The Labute approximate surface area is 107 Å². The van der Waals surface area contributed by atoms with E-state index in [-0.39, 0.29) is 11.7 Å². The quantitative estimate of drug-likeness (QED) is 0.872. The zero-order valence-corrected chi connectivity index (χ0v) is 11.1. The lowest BCUT2D eigenvalue weighted by molar-refractivity contribution is 0.145. The van der Waals surface area contributed by atoms with Crippen LogP contribution in [0.5, 0.6) is 0 Å². The Balaban J connectivity index is 2.11. The zero-order chi connectivity index (χ0) is 13.3. The molecular formula is C14H20F2N2. The average molecular weight is 254 g/mol. The van der Waals surface area contributed by atoms with E-state index in [9.17, 15) is 8.78 Å². The molecule has 3 atom stereocenters. The molecule has 4 heteroatoms. The molecule has 0 spiro atoms. The molecule has 100 valence electrons. The SMILES string of the molecule is CC1CN(C)C(C)CC1Nc1cc(F)ccc1F. The fourth-order valence-corrected chi connectivity index (χ4v) is 2.55. The van der Waals surface area contributed by atoms with Crippen LogP contribution in [0, 0.1) is 17.6 Å². The van der Waals surface area contributed by atoms with Crippen LogP contribution in [0.4, 0.5) is 14.5 Å². The lowest BCUT2D eigenvalue weighted by Gasteiger charge is -2.40. The minimum Gasteiger partial charge on any atom is -0.379 e. The Morgan fingerprint density at radius 1 is 1.28 bits per heavy atom. The second-order valence-electron chi connectivity index (χ2n) is 5.38. The maximum atomic E-state index is 13.6. The highest BCUT2D eigenvalue weighted by Gasteiger charge is 2.29. The molecule has 1 N–H and O–H groups in total. The molecule has 0 aromatic heterocycles. The van der Waals surface area contributed by atoms with Crippen molar-refractivity contribution in [2.75, 3.05) is 18.9 Å². The Hall–Kier alpha value is -1.16. The molecule has 1 aromatic rings. The molecule has 0 aliphatic carbocycles. The lowest BCUT2D eigenvalue weighted by Crippen LogP contribution is -2.48. The van der Waals surface area contributed by atoms with Gasteiger partial charge in [0, 0.05) is 18.6 Å². The number of likely N-dealkylation sites (tertiary alicyclic amines) is 1. The van der Waals surface area contributed by atoms with Gasteiger partial charge < -0.3 is 10.2 Å². The van der Waals surface area contributed by atoms with Crippen LogP contribution in [0.15, 0.2) is 18.2 Å². The van der Waals surface area contributed by atoms with E-state index < -0.39 is 11.6 Å². The van der Waals surface area contributed by atoms with E-state index in [2.05, 4.69) is 31.1 Å². The van der Waals surface area contributed by atoms with E-state index in [4.69, 9.17) is 0 Å². The number of anilines is 1. The predicted octanol–water partition coefficient (Wildman–Crippen LogP) is 3.11. The first-order valence-corrected chi connectivity index (χ1v) is 6.39. The molecule has 1 fully saturated rings. The van der Waals surface area contributed by atoms with Crippen LogP contribution in [0.2, 0.25) is 0 Å². The molecule has 0 bridgehead atoms. The fraction of sp³-hybridized carbons (Fsp3) is 0.571. The van der Waals surface area contributed by atoms with Crippen LogP contribution < -0.4 is 5.32 Å². The van der Waals surface area contributed by atoms with Crippen molar-refractivity contribution in [3.63, 3.8) is 0 Å². The van der Waals surface area contributed by atoms with Crippen LogP contribution >= 0.6 is 0 Å². The first-order chi connectivity index (χ1) is 8.47. The topological polar surface area (TPSA) is 15.3 Å². The van der Waals surface area contributed by atoms with Gasteiger partial charge >= 0.3 is 0 Å². The van der Waals surface area contributed by atoms with Crippen molar-refractivity contribution in [2.45, 2.75) is 32.4 Å². The molecule has 3 unspecified atom stereocenters. The standard InChI is InChI=1S/C14H20F2N2/c1-9-8-18(3)10(2)6-13(9)17-14-7-11(15)4-5-12(14)16/h4-5,7,9-10,13,17H,6,8H2,1-3H3. The molecule has 1 saturated heterocycles. The van der Waals surface area contributed by atoms with E-state index >= 15 is 0 Å². The molecule has 1 heterocycles. The second-order valence-corrected chi connectivity index (χ2v) is 5.38. The van der Waals surface area contributed by atoms with E-state index in [0.29, 0.717) is 12.0 Å². The third kappa shape index (κ3) is 2.80. The summed E-state index contributed by atoms with van der Waals surface area (Å²) >= 11 is 0. The van der Waals surface area contributed by atoms with Gasteiger partial charge in [-0.05, 0) is 44.5 Å². The Morgan fingerprint density at radius 2 is 2.00 bits per heavy atom. The van der Waals surface area contributed by atoms with Crippen LogP contribution in [0.25, 0.3) is 0 Å². The van der Waals surface area contributed by atoms with Gasteiger partial charge in [0.15, 0.2) is 0 Å². The van der Waals surface area contributed by atoms with Crippen molar-refractivity contribution in [3.8, 4) is 0 Å². The smallest absolute Gasteiger partial charge is 0.146 e. The highest BCUT2D eigenvalue weighted by molar-refractivity contribution is 5.46. The summed E-state index contributed by atoms with van der Waals surface area (Å²) in [6.45, 7) is 5.26. The highest BCUT2D eigenvalue weighted by Crippen LogP contribution is 2.25. The van der Waals surface area contributed by atoms with Gasteiger partial charge in [0.05, 0.1) is 5.69 Å². The van der Waals surface area contributed by atoms with E-state index in [1.54, 1.807) is 0 Å². The number of hydrogen-bond donors (Lipinski definition) is 1. The summed E-state index contributed by atoms with van der Waals surface area (Å²) in [6, 6.07) is 4.18. The third-order valence-electron chi connectivity index (χ3n) is 3.88. The second kappa shape index (κ2) is 5.22. The first kappa shape index (κ1) is 13.3. The minimum atomic E-state index is -0.410. The summed E-state index contributed by atoms with van der Waals surface area (Å²) in [4.78, 5) is 2.30. The van der Waals surface area contributed by atoms with Gasteiger partial charge in [0.1, 0.15) is 11.6 Å². The van der Waals surface area contributed by atoms with E-state index in [1.807, 2.05) is 0 Å². The van der Waals surface area contributed by atoms with Crippen molar-refractivity contribution in [3.05, 3.63) is 29.8 Å². The molecule has 18 heavy (non-hydrogen) atoms. The number of nitrogens with zero attached hydrogens (tertiary/aromatic N) is 1. The molecule has 0 radical (unpaired) electrons. The first-order valence-electron chi connectivity index (χ1n) is 6.39. The number of halogens is 2. The van der Waals surface area contributed by atoms with Gasteiger partial charge in [-0.1, -0.05) is 6.92 Å². The number of rotatable bonds is 2. The third-order valence-corrected chi connectivity index (χ3v) is 3.88. The largest absolute Gasteiger partial charge is 0.379 e. The number of hydrogen-bond acceptors (Lipinski definition) is 2. The number of piperidine rings is 1. The fourth-order valence-electron chi connectivity index (χ4n) is 2.55. The van der Waals surface area contributed by atoms with Crippen LogP contribution in [-0.2, 0) is 0 Å².